The van der Waals surface area contributed by atoms with Crippen molar-refractivity contribution in [3.63, 3.8) is 0 Å². The van der Waals surface area contributed by atoms with Gasteiger partial charge < -0.3 is 18.8 Å². The van der Waals surface area contributed by atoms with Gasteiger partial charge in [0.1, 0.15) is 12.0 Å². The Labute approximate surface area is 186 Å². The average Bonchev–Trinajstić information content (AvgIpc) is 3.29. The Morgan fingerprint density at radius 2 is 2.00 bits per heavy atom. The first-order valence-corrected chi connectivity index (χ1v) is 10.8. The molecule has 2 aromatic carbocycles. The minimum atomic E-state index is -0.355. The summed E-state index contributed by atoms with van der Waals surface area (Å²) in [5.41, 5.74) is 1.21. The van der Waals surface area contributed by atoms with Crippen LogP contribution in [0.2, 0.25) is 10.0 Å². The maximum absolute atomic E-state index is 6.27. The van der Waals surface area contributed by atoms with Gasteiger partial charge in [-0.3, -0.25) is 0 Å². The summed E-state index contributed by atoms with van der Waals surface area (Å²) in [5.74, 6) is 0.577. The van der Waals surface area contributed by atoms with E-state index in [-0.39, 0.29) is 18.6 Å². The summed E-state index contributed by atoms with van der Waals surface area (Å²) in [5, 5.41) is 1.06. The van der Waals surface area contributed by atoms with Gasteiger partial charge in [0.25, 0.3) is 0 Å². The van der Waals surface area contributed by atoms with E-state index in [1.54, 1.807) is 30.7 Å². The third kappa shape index (κ3) is 5.76. The number of hydrogen-bond acceptors (Lipinski definition) is 4. The number of benzene rings is 2. The second kappa shape index (κ2) is 10.3. The van der Waals surface area contributed by atoms with E-state index in [0.717, 1.165) is 25.7 Å². The van der Waals surface area contributed by atoms with Crippen LogP contribution in [0.4, 0.5) is 0 Å². The van der Waals surface area contributed by atoms with Crippen molar-refractivity contribution in [2.24, 2.45) is 0 Å². The maximum Gasteiger partial charge on any atom is 0.200 e. The smallest absolute Gasteiger partial charge is 0.200 e. The fourth-order valence-electron chi connectivity index (χ4n) is 3.51. The number of rotatable bonds is 8. The van der Waals surface area contributed by atoms with Crippen LogP contribution in [0.3, 0.4) is 0 Å². The van der Waals surface area contributed by atoms with E-state index in [9.17, 15) is 0 Å². The van der Waals surface area contributed by atoms with E-state index in [4.69, 9.17) is 37.4 Å². The van der Waals surface area contributed by atoms with E-state index in [2.05, 4.69) is 17.1 Å². The lowest BCUT2D eigenvalue weighted by Gasteiger charge is -2.31. The number of hydrogen-bond donors (Lipinski definition) is 0. The molecule has 3 atom stereocenters. The Bertz CT molecular complexity index is 921. The predicted octanol–water partition coefficient (Wildman–Crippen LogP) is 5.92. The van der Waals surface area contributed by atoms with E-state index in [1.807, 2.05) is 29.0 Å². The summed E-state index contributed by atoms with van der Waals surface area (Å²) < 4.78 is 20.3. The molecule has 0 aliphatic carbocycles. The molecule has 0 spiro atoms. The van der Waals surface area contributed by atoms with Gasteiger partial charge in [-0.05, 0) is 36.6 Å². The molecule has 0 radical (unpaired) electrons. The van der Waals surface area contributed by atoms with Crippen molar-refractivity contribution >= 4 is 23.2 Å². The fraction of sp³-hybridized carbons (Fsp3) is 0.348. The summed E-state index contributed by atoms with van der Waals surface area (Å²) in [6, 6.07) is 15.5. The second-order valence-electron chi connectivity index (χ2n) is 7.30. The number of halogens is 2. The Morgan fingerprint density at radius 3 is 2.77 bits per heavy atom. The highest BCUT2D eigenvalue weighted by Crippen LogP contribution is 2.31. The number of aromatic nitrogens is 2. The van der Waals surface area contributed by atoms with Crippen LogP contribution in [0.1, 0.15) is 31.1 Å². The molecule has 2 heterocycles. The Hall–Kier alpha value is -2.05. The molecule has 0 amide bonds. The van der Waals surface area contributed by atoms with E-state index < -0.39 is 0 Å². The molecule has 0 saturated carbocycles. The van der Waals surface area contributed by atoms with Crippen molar-refractivity contribution in [3.8, 4) is 5.75 Å². The molecule has 1 aliphatic rings. The second-order valence-corrected chi connectivity index (χ2v) is 8.14. The normalized spacial score (nSPS) is 20.1. The van der Waals surface area contributed by atoms with E-state index in [0.29, 0.717) is 22.4 Å². The molecular weight excluding hydrogens is 423 g/mol. The van der Waals surface area contributed by atoms with Crippen LogP contribution in [-0.4, -0.2) is 28.6 Å². The molecule has 0 bridgehead atoms. The zero-order valence-corrected chi connectivity index (χ0v) is 18.0. The van der Waals surface area contributed by atoms with E-state index in [1.165, 1.54) is 5.56 Å². The molecule has 4 rings (SSSR count). The lowest BCUT2D eigenvalue weighted by Crippen LogP contribution is -2.35. The number of ether oxygens (including phenoxy) is 3. The molecular formula is C23H24Cl2N2O3. The standard InChI is InChI=1S/C23H24Cl2N2O3/c24-18-9-10-21(20(25)14-18)30-23-8-4-7-19(29-23)15-28-22(27-12-11-26-16-27)13-17-5-2-1-3-6-17/h1-3,5-6,9-12,14,16,19,22-23H,4,7-8,13,15H2/t19-,22?,23+/m1/s1. The first-order valence-electron chi connectivity index (χ1n) is 10.1. The molecule has 7 heteroatoms. The SMILES string of the molecule is Clc1ccc(O[C@H]2CCC[C@H](COC(Cc3ccccc3)n3ccnc3)O2)c(Cl)c1. The van der Waals surface area contributed by atoms with Gasteiger partial charge in [0.05, 0.1) is 24.1 Å². The van der Waals surface area contributed by atoms with Crippen LogP contribution >= 0.6 is 23.2 Å². The summed E-state index contributed by atoms with van der Waals surface area (Å²) in [6.07, 6.45) is 8.41. The lowest BCUT2D eigenvalue weighted by molar-refractivity contribution is -0.174. The molecule has 1 fully saturated rings. The molecule has 1 unspecified atom stereocenters. The van der Waals surface area contributed by atoms with Gasteiger partial charge in [-0.25, -0.2) is 4.98 Å². The zero-order chi connectivity index (χ0) is 20.8. The van der Waals surface area contributed by atoms with Gasteiger partial charge >= 0.3 is 0 Å². The van der Waals surface area contributed by atoms with Crippen LogP contribution in [0.25, 0.3) is 0 Å². The van der Waals surface area contributed by atoms with E-state index >= 15 is 0 Å². The Kier molecular flexibility index (Phi) is 7.28. The first-order chi connectivity index (χ1) is 14.7. The molecule has 1 aliphatic heterocycles. The largest absolute Gasteiger partial charge is 0.463 e. The van der Waals surface area contributed by atoms with Crippen LogP contribution < -0.4 is 4.74 Å². The van der Waals surface area contributed by atoms with Crippen molar-refractivity contribution in [2.45, 2.75) is 44.3 Å². The Morgan fingerprint density at radius 1 is 1.13 bits per heavy atom. The lowest BCUT2D eigenvalue weighted by atomic mass is 10.1. The van der Waals surface area contributed by atoms with Crippen LogP contribution in [0, 0.1) is 0 Å². The third-order valence-electron chi connectivity index (χ3n) is 5.05. The molecule has 1 saturated heterocycles. The third-order valence-corrected chi connectivity index (χ3v) is 5.58. The summed E-state index contributed by atoms with van der Waals surface area (Å²) in [6.45, 7) is 0.476. The van der Waals surface area contributed by atoms with Crippen LogP contribution in [0.5, 0.6) is 5.75 Å². The summed E-state index contributed by atoms with van der Waals surface area (Å²) in [4.78, 5) is 4.16. The van der Waals surface area contributed by atoms with Gasteiger partial charge in [-0.2, -0.15) is 0 Å². The first kappa shape index (κ1) is 21.2. The summed E-state index contributed by atoms with van der Waals surface area (Å²) in [7, 11) is 0. The van der Waals surface area contributed by atoms with Gasteiger partial charge in [0.15, 0.2) is 6.29 Å². The quantitative estimate of drug-likeness (QED) is 0.430. The maximum atomic E-state index is 6.27. The van der Waals surface area contributed by atoms with Gasteiger partial charge in [0, 0.05) is 30.3 Å². The minimum Gasteiger partial charge on any atom is -0.463 e. The number of imidazole rings is 1. The molecule has 158 valence electrons. The average molecular weight is 447 g/mol. The molecule has 0 N–H and O–H groups in total. The molecule has 5 nitrogen and oxygen atoms in total. The minimum absolute atomic E-state index is 0.0448. The monoisotopic (exact) mass is 446 g/mol. The topological polar surface area (TPSA) is 45.5 Å². The van der Waals surface area contributed by atoms with Crippen molar-refractivity contribution in [1.29, 1.82) is 0 Å². The van der Waals surface area contributed by atoms with Crippen molar-refractivity contribution in [3.05, 3.63) is 82.9 Å². The highest BCUT2D eigenvalue weighted by molar-refractivity contribution is 6.35. The zero-order valence-electron chi connectivity index (χ0n) is 16.5. The summed E-state index contributed by atoms with van der Waals surface area (Å²) >= 11 is 12.2. The van der Waals surface area contributed by atoms with Crippen molar-refractivity contribution in [2.75, 3.05) is 6.61 Å². The number of nitrogens with zero attached hydrogens (tertiary/aromatic N) is 2. The van der Waals surface area contributed by atoms with Crippen LogP contribution in [-0.2, 0) is 15.9 Å². The predicted molar refractivity (Wildman–Crippen MR) is 117 cm³/mol. The fourth-order valence-corrected chi connectivity index (χ4v) is 3.96. The van der Waals surface area contributed by atoms with Gasteiger partial charge in [0.2, 0.25) is 0 Å². The van der Waals surface area contributed by atoms with Crippen molar-refractivity contribution < 1.29 is 14.2 Å². The van der Waals surface area contributed by atoms with Crippen LogP contribution in [0.15, 0.2) is 67.3 Å². The highest BCUT2D eigenvalue weighted by atomic mass is 35.5. The highest BCUT2D eigenvalue weighted by Gasteiger charge is 2.26. The van der Waals surface area contributed by atoms with Gasteiger partial charge in [-0.15, -0.1) is 0 Å². The van der Waals surface area contributed by atoms with Gasteiger partial charge in [-0.1, -0.05) is 53.5 Å². The van der Waals surface area contributed by atoms with Crippen molar-refractivity contribution in [1.82, 2.24) is 9.55 Å². The molecule has 1 aromatic heterocycles. The Balaban J connectivity index is 1.35. The molecule has 3 aromatic rings. The molecule has 30 heavy (non-hydrogen) atoms.